The van der Waals surface area contributed by atoms with Crippen LogP contribution in [0.15, 0.2) is 30.9 Å². The summed E-state index contributed by atoms with van der Waals surface area (Å²) in [5.74, 6) is -0.407. The topological polar surface area (TPSA) is 49.8 Å². The zero-order valence-corrected chi connectivity index (χ0v) is 14.1. The number of aliphatic hydroxyl groups is 1. The maximum Gasteiger partial charge on any atom is 0.252 e. The van der Waals surface area contributed by atoms with Crippen molar-refractivity contribution in [2.45, 2.75) is 37.5 Å². The van der Waals surface area contributed by atoms with Gasteiger partial charge in [0.05, 0.1) is 30.3 Å². The molecule has 4 nitrogen and oxygen atoms in total. The largest absolute Gasteiger partial charge is 0.394 e. The third-order valence-electron chi connectivity index (χ3n) is 4.74. The van der Waals surface area contributed by atoms with Gasteiger partial charge in [-0.15, -0.1) is 6.58 Å². The van der Waals surface area contributed by atoms with E-state index in [1.165, 1.54) is 12.1 Å². The summed E-state index contributed by atoms with van der Waals surface area (Å²) >= 11 is 5.76. The second kappa shape index (κ2) is 7.21. The van der Waals surface area contributed by atoms with Gasteiger partial charge < -0.3 is 14.7 Å². The van der Waals surface area contributed by atoms with E-state index in [0.29, 0.717) is 17.9 Å². The van der Waals surface area contributed by atoms with Crippen LogP contribution in [0.25, 0.3) is 0 Å². The van der Waals surface area contributed by atoms with Crippen LogP contribution in [0.4, 0.5) is 4.39 Å². The van der Waals surface area contributed by atoms with Gasteiger partial charge in [-0.1, -0.05) is 23.7 Å². The Balaban J connectivity index is 1.94. The molecular formula is C18H21ClFNO3. The fourth-order valence-electron chi connectivity index (χ4n) is 3.32. The first kappa shape index (κ1) is 17.4. The Morgan fingerprint density at radius 3 is 2.83 bits per heavy atom. The molecule has 1 amide bonds. The lowest BCUT2D eigenvalue weighted by molar-refractivity contribution is -0.166. The van der Waals surface area contributed by atoms with Crippen molar-refractivity contribution in [1.82, 2.24) is 4.90 Å². The van der Waals surface area contributed by atoms with E-state index in [0.717, 1.165) is 12.8 Å². The summed E-state index contributed by atoms with van der Waals surface area (Å²) in [5, 5.41) is 9.88. The summed E-state index contributed by atoms with van der Waals surface area (Å²) in [4.78, 5) is 14.6. The number of aliphatic hydroxyl groups excluding tert-OH is 1. The first-order chi connectivity index (χ1) is 11.6. The number of amides is 1. The van der Waals surface area contributed by atoms with Gasteiger partial charge >= 0.3 is 0 Å². The lowest BCUT2D eigenvalue weighted by Gasteiger charge is -2.43. The molecule has 1 aliphatic heterocycles. The number of nitrogens with zero attached hydrogens (tertiary/aromatic N) is 1. The Hall–Kier alpha value is -1.43. The van der Waals surface area contributed by atoms with Crippen LogP contribution in [0.2, 0.25) is 5.02 Å². The fourth-order valence-corrected chi connectivity index (χ4v) is 3.43. The molecule has 24 heavy (non-hydrogen) atoms. The fraction of sp³-hybridized carbons (Fsp3) is 0.500. The quantitative estimate of drug-likeness (QED) is 0.799. The van der Waals surface area contributed by atoms with Gasteiger partial charge in [0.2, 0.25) is 0 Å². The van der Waals surface area contributed by atoms with E-state index in [-0.39, 0.29) is 30.2 Å². The van der Waals surface area contributed by atoms with Gasteiger partial charge in [0.1, 0.15) is 11.9 Å². The number of hydrogen-bond donors (Lipinski definition) is 1. The van der Waals surface area contributed by atoms with Crippen LogP contribution < -0.4 is 0 Å². The molecule has 0 spiro atoms. The Bertz CT molecular complexity index is 635. The Labute approximate surface area is 145 Å². The van der Waals surface area contributed by atoms with Crippen molar-refractivity contribution in [3.63, 3.8) is 0 Å². The monoisotopic (exact) mass is 353 g/mol. The molecule has 1 saturated heterocycles. The zero-order valence-electron chi connectivity index (χ0n) is 13.3. The van der Waals surface area contributed by atoms with Gasteiger partial charge in [-0.05, 0) is 36.5 Å². The number of benzene rings is 1. The van der Waals surface area contributed by atoms with Crippen molar-refractivity contribution >= 4 is 17.5 Å². The minimum atomic E-state index is -0.594. The molecule has 2 aliphatic rings. The van der Waals surface area contributed by atoms with Gasteiger partial charge in [0, 0.05) is 6.42 Å². The summed E-state index contributed by atoms with van der Waals surface area (Å²) in [6.45, 7) is 3.81. The van der Waals surface area contributed by atoms with E-state index in [2.05, 4.69) is 6.58 Å². The summed E-state index contributed by atoms with van der Waals surface area (Å²) in [5.41, 5.74) is 0.626. The standard InChI is InChI=1S/C18H21ClFNO3/c1-2-3-17-18(23)21(15(9-22)11-4-5-11)16(10-24-17)12-6-7-13(19)14(20)8-12/h2,6-8,11,15-17,22H,1,3-5,9-10H2/t15?,16-,17?/m0/s1. The Kier molecular flexibility index (Phi) is 5.23. The number of carbonyl (C=O) groups is 1. The zero-order chi connectivity index (χ0) is 17.3. The van der Waals surface area contributed by atoms with Crippen molar-refractivity contribution in [1.29, 1.82) is 0 Å². The molecule has 3 atom stereocenters. The van der Waals surface area contributed by atoms with E-state index in [4.69, 9.17) is 16.3 Å². The first-order valence-corrected chi connectivity index (χ1v) is 8.55. The Morgan fingerprint density at radius 2 is 2.25 bits per heavy atom. The third-order valence-corrected chi connectivity index (χ3v) is 5.05. The first-order valence-electron chi connectivity index (χ1n) is 8.17. The molecule has 1 heterocycles. The van der Waals surface area contributed by atoms with Crippen molar-refractivity contribution in [3.05, 3.63) is 47.3 Å². The normalized spacial score (nSPS) is 25.6. The van der Waals surface area contributed by atoms with Crippen molar-refractivity contribution in [3.8, 4) is 0 Å². The van der Waals surface area contributed by atoms with Crippen molar-refractivity contribution < 1.29 is 19.0 Å². The smallest absolute Gasteiger partial charge is 0.252 e. The molecule has 0 aromatic heterocycles. The lowest BCUT2D eigenvalue weighted by Crippen LogP contribution is -2.55. The molecule has 3 rings (SSSR count). The van der Waals surface area contributed by atoms with Crippen LogP contribution in [-0.2, 0) is 9.53 Å². The van der Waals surface area contributed by atoms with Crippen LogP contribution >= 0.6 is 11.6 Å². The maximum atomic E-state index is 13.9. The van der Waals surface area contributed by atoms with Gasteiger partial charge in [-0.25, -0.2) is 4.39 Å². The number of ether oxygens (including phenoxy) is 1. The Morgan fingerprint density at radius 1 is 1.50 bits per heavy atom. The average Bonchev–Trinajstić information content (AvgIpc) is 3.39. The van der Waals surface area contributed by atoms with Crippen LogP contribution in [-0.4, -0.2) is 41.3 Å². The van der Waals surface area contributed by atoms with E-state index in [1.807, 2.05) is 0 Å². The highest BCUT2D eigenvalue weighted by molar-refractivity contribution is 6.30. The molecule has 6 heteroatoms. The summed E-state index contributed by atoms with van der Waals surface area (Å²) in [6.07, 6.45) is 3.45. The molecule has 0 radical (unpaired) electrons. The highest BCUT2D eigenvalue weighted by Gasteiger charge is 2.45. The summed E-state index contributed by atoms with van der Waals surface area (Å²) < 4.78 is 19.6. The number of halogens is 2. The molecule has 2 fully saturated rings. The third kappa shape index (κ3) is 3.34. The van der Waals surface area contributed by atoms with E-state index in [1.54, 1.807) is 17.0 Å². The van der Waals surface area contributed by atoms with E-state index >= 15 is 0 Å². The maximum absolute atomic E-state index is 13.9. The van der Waals surface area contributed by atoms with Gasteiger partial charge in [-0.2, -0.15) is 0 Å². The van der Waals surface area contributed by atoms with Crippen LogP contribution in [0, 0.1) is 11.7 Å². The highest BCUT2D eigenvalue weighted by Crippen LogP contribution is 2.40. The molecule has 0 bridgehead atoms. The lowest BCUT2D eigenvalue weighted by atomic mass is 9.98. The van der Waals surface area contributed by atoms with Crippen LogP contribution in [0.5, 0.6) is 0 Å². The van der Waals surface area contributed by atoms with E-state index < -0.39 is 18.0 Å². The number of hydrogen-bond acceptors (Lipinski definition) is 3. The van der Waals surface area contributed by atoms with Crippen LogP contribution in [0.1, 0.15) is 30.9 Å². The molecule has 2 unspecified atom stereocenters. The van der Waals surface area contributed by atoms with Gasteiger partial charge in [0.25, 0.3) is 5.91 Å². The molecule has 1 aromatic carbocycles. The van der Waals surface area contributed by atoms with E-state index in [9.17, 15) is 14.3 Å². The number of rotatable bonds is 6. The highest BCUT2D eigenvalue weighted by atomic mass is 35.5. The predicted octanol–water partition coefficient (Wildman–Crippen LogP) is 3.09. The predicted molar refractivity (Wildman–Crippen MR) is 89.1 cm³/mol. The molecule has 1 aromatic rings. The van der Waals surface area contributed by atoms with Crippen molar-refractivity contribution in [2.24, 2.45) is 5.92 Å². The summed E-state index contributed by atoms with van der Waals surface area (Å²) in [6, 6.07) is 3.83. The van der Waals surface area contributed by atoms with Gasteiger partial charge in [-0.3, -0.25) is 4.79 Å². The minimum absolute atomic E-state index is 0.0405. The molecule has 130 valence electrons. The van der Waals surface area contributed by atoms with Gasteiger partial charge in [0.15, 0.2) is 0 Å². The van der Waals surface area contributed by atoms with Crippen LogP contribution in [0.3, 0.4) is 0 Å². The molecule has 1 aliphatic carbocycles. The molecular weight excluding hydrogens is 333 g/mol. The molecule has 1 saturated carbocycles. The average molecular weight is 354 g/mol. The second-order valence-corrected chi connectivity index (χ2v) is 6.78. The van der Waals surface area contributed by atoms with Crippen molar-refractivity contribution in [2.75, 3.05) is 13.2 Å². The minimum Gasteiger partial charge on any atom is -0.394 e. The number of morpholine rings is 1. The molecule has 1 N–H and O–H groups in total. The number of carbonyl (C=O) groups excluding carboxylic acids is 1. The SMILES string of the molecule is C=CCC1OC[C@@H](c2ccc(Cl)c(F)c2)N(C(CO)C2CC2)C1=O. The second-order valence-electron chi connectivity index (χ2n) is 6.37. The summed E-state index contributed by atoms with van der Waals surface area (Å²) in [7, 11) is 0.